The normalized spacial score (nSPS) is 17.6. The molecule has 0 amide bonds. The maximum atomic E-state index is 12.3. The topological polar surface area (TPSA) is 35.5 Å². The number of benzene rings is 1. The van der Waals surface area contributed by atoms with Crippen LogP contribution in [0.25, 0.3) is 0 Å². The van der Waals surface area contributed by atoms with Crippen LogP contribution in [-0.2, 0) is 4.79 Å². The van der Waals surface area contributed by atoms with E-state index < -0.39 is 12.3 Å². The Hall–Kier alpha value is -3.02. The third-order valence-electron chi connectivity index (χ3n) is 5.71. The molecule has 0 fully saturated rings. The van der Waals surface area contributed by atoms with Gasteiger partial charge in [-0.15, -0.1) is 13.2 Å². The molecule has 0 spiro atoms. The predicted molar refractivity (Wildman–Crippen MR) is 130 cm³/mol. The summed E-state index contributed by atoms with van der Waals surface area (Å²) < 4.78 is 46.1. The summed E-state index contributed by atoms with van der Waals surface area (Å²) in [7, 11) is 0. The molecule has 1 aliphatic carbocycles. The van der Waals surface area contributed by atoms with E-state index in [4.69, 9.17) is 4.74 Å². The second-order valence-electron chi connectivity index (χ2n) is 9.32. The lowest BCUT2D eigenvalue weighted by Crippen LogP contribution is -2.19. The van der Waals surface area contributed by atoms with Crippen LogP contribution in [-0.4, -0.2) is 12.3 Å². The van der Waals surface area contributed by atoms with Gasteiger partial charge in [-0.25, -0.2) is 4.79 Å². The fraction of sp³-hybridized carbons (Fsp3) is 0.393. The van der Waals surface area contributed by atoms with E-state index in [2.05, 4.69) is 37.7 Å². The number of aryl methyl sites for hydroxylation is 1. The summed E-state index contributed by atoms with van der Waals surface area (Å²) in [5, 5.41) is 0. The third kappa shape index (κ3) is 8.73. The molecular formula is C28H33F3O3. The Bertz CT molecular complexity index is 1050. The highest BCUT2D eigenvalue weighted by atomic mass is 19.4. The van der Waals surface area contributed by atoms with Crippen molar-refractivity contribution in [3.05, 3.63) is 82.5 Å². The zero-order chi connectivity index (χ0) is 25.5. The monoisotopic (exact) mass is 474 g/mol. The smallest absolute Gasteiger partial charge is 0.423 e. The molecule has 34 heavy (non-hydrogen) atoms. The molecule has 2 rings (SSSR count). The molecule has 3 nitrogen and oxygen atoms in total. The zero-order valence-corrected chi connectivity index (χ0v) is 20.7. The quantitative estimate of drug-likeness (QED) is 0.172. The van der Waals surface area contributed by atoms with Crippen molar-refractivity contribution in [1.82, 2.24) is 0 Å². The van der Waals surface area contributed by atoms with E-state index in [1.54, 1.807) is 13.0 Å². The number of rotatable bonds is 7. The standard InChI is InChI=1S/C28H33F3O3/c1-19(12-14-24-21(3)11-8-16-27(24,5)6)9-7-10-20(2)17-26(32)33-25-15-13-23(18-22(25)4)34-28(29,30)31/h7,9-10,12-15,17-18H,8,11,16H2,1-6H3. The number of allylic oxidation sites excluding steroid dienone is 9. The van der Waals surface area contributed by atoms with Gasteiger partial charge in [0.15, 0.2) is 0 Å². The second-order valence-corrected chi connectivity index (χ2v) is 9.32. The number of halogens is 3. The predicted octanol–water partition coefficient (Wildman–Crippen LogP) is 8.33. The van der Waals surface area contributed by atoms with Gasteiger partial charge in [-0.05, 0) is 87.3 Å². The molecule has 0 aliphatic heterocycles. The molecular weight excluding hydrogens is 441 g/mol. The Morgan fingerprint density at radius 2 is 1.79 bits per heavy atom. The molecule has 0 N–H and O–H groups in total. The Labute approximate surface area is 200 Å². The van der Waals surface area contributed by atoms with Gasteiger partial charge in [0.2, 0.25) is 0 Å². The van der Waals surface area contributed by atoms with Crippen LogP contribution in [0, 0.1) is 12.3 Å². The molecule has 0 saturated carbocycles. The summed E-state index contributed by atoms with van der Waals surface area (Å²) in [5.74, 6) is -0.810. The summed E-state index contributed by atoms with van der Waals surface area (Å²) >= 11 is 0. The van der Waals surface area contributed by atoms with Crippen LogP contribution in [0.1, 0.15) is 59.4 Å². The summed E-state index contributed by atoms with van der Waals surface area (Å²) in [5.41, 5.74) is 5.17. The summed E-state index contributed by atoms with van der Waals surface area (Å²) in [6, 6.07) is 3.54. The van der Waals surface area contributed by atoms with Gasteiger partial charge in [0.1, 0.15) is 11.5 Å². The fourth-order valence-electron chi connectivity index (χ4n) is 3.94. The Morgan fingerprint density at radius 1 is 1.09 bits per heavy atom. The van der Waals surface area contributed by atoms with Gasteiger partial charge >= 0.3 is 12.3 Å². The minimum atomic E-state index is -4.78. The lowest BCUT2D eigenvalue weighted by Gasteiger charge is -2.32. The SMILES string of the molecule is CC(C=CC1=C(C)CCCC1(C)C)=CC=CC(C)=CC(=O)Oc1ccc(OC(F)(F)F)cc1C. The Balaban J connectivity index is 1.98. The van der Waals surface area contributed by atoms with Gasteiger partial charge in [0, 0.05) is 6.08 Å². The van der Waals surface area contributed by atoms with E-state index in [0.717, 1.165) is 18.1 Å². The van der Waals surface area contributed by atoms with Crippen molar-refractivity contribution in [2.45, 2.75) is 67.2 Å². The number of esters is 1. The summed E-state index contributed by atoms with van der Waals surface area (Å²) in [6.07, 6.45) is 10.1. The van der Waals surface area contributed by atoms with Crippen molar-refractivity contribution in [3.63, 3.8) is 0 Å². The highest BCUT2D eigenvalue weighted by molar-refractivity contribution is 5.85. The molecule has 0 bridgehead atoms. The van der Waals surface area contributed by atoms with Gasteiger partial charge < -0.3 is 9.47 Å². The lowest BCUT2D eigenvalue weighted by molar-refractivity contribution is -0.274. The molecule has 0 aromatic heterocycles. The van der Waals surface area contributed by atoms with Crippen LogP contribution >= 0.6 is 0 Å². The van der Waals surface area contributed by atoms with Crippen molar-refractivity contribution in [3.8, 4) is 11.5 Å². The maximum Gasteiger partial charge on any atom is 0.573 e. The van der Waals surface area contributed by atoms with Crippen LogP contribution in [0.2, 0.25) is 0 Å². The van der Waals surface area contributed by atoms with E-state index in [-0.39, 0.29) is 16.9 Å². The summed E-state index contributed by atoms with van der Waals surface area (Å²) in [6.45, 7) is 12.1. The highest BCUT2D eigenvalue weighted by Gasteiger charge is 2.31. The molecule has 0 radical (unpaired) electrons. The van der Waals surface area contributed by atoms with Crippen molar-refractivity contribution >= 4 is 5.97 Å². The number of ether oxygens (including phenoxy) is 2. The Morgan fingerprint density at radius 3 is 2.41 bits per heavy atom. The zero-order valence-electron chi connectivity index (χ0n) is 20.7. The van der Waals surface area contributed by atoms with E-state index in [1.165, 1.54) is 49.1 Å². The van der Waals surface area contributed by atoms with E-state index in [9.17, 15) is 18.0 Å². The third-order valence-corrected chi connectivity index (χ3v) is 5.71. The van der Waals surface area contributed by atoms with Gasteiger partial charge in [0.25, 0.3) is 0 Å². The molecule has 1 aromatic rings. The minimum Gasteiger partial charge on any atom is -0.423 e. The first-order valence-electron chi connectivity index (χ1n) is 11.3. The van der Waals surface area contributed by atoms with Crippen molar-refractivity contribution in [1.29, 1.82) is 0 Å². The first-order chi connectivity index (χ1) is 15.8. The molecule has 6 heteroatoms. The number of alkyl halides is 3. The van der Waals surface area contributed by atoms with Crippen LogP contribution < -0.4 is 9.47 Å². The molecule has 0 atom stereocenters. The number of hydrogen-bond acceptors (Lipinski definition) is 3. The first kappa shape index (κ1) is 27.2. The van der Waals surface area contributed by atoms with E-state index in [0.29, 0.717) is 11.1 Å². The van der Waals surface area contributed by atoms with E-state index >= 15 is 0 Å². The van der Waals surface area contributed by atoms with Crippen LogP contribution in [0.4, 0.5) is 13.2 Å². The van der Waals surface area contributed by atoms with Crippen LogP contribution in [0.15, 0.2) is 76.9 Å². The highest BCUT2D eigenvalue weighted by Crippen LogP contribution is 2.40. The maximum absolute atomic E-state index is 12.3. The first-order valence-corrected chi connectivity index (χ1v) is 11.3. The average molecular weight is 475 g/mol. The average Bonchev–Trinajstić information content (AvgIpc) is 2.68. The minimum absolute atomic E-state index is 0.170. The molecule has 0 heterocycles. The summed E-state index contributed by atoms with van der Waals surface area (Å²) in [4.78, 5) is 12.2. The van der Waals surface area contributed by atoms with Crippen molar-refractivity contribution in [2.75, 3.05) is 0 Å². The molecule has 0 saturated heterocycles. The lowest BCUT2D eigenvalue weighted by atomic mass is 9.72. The molecule has 0 unspecified atom stereocenters. The Kier molecular flexibility index (Phi) is 9.14. The van der Waals surface area contributed by atoms with Gasteiger partial charge in [-0.3, -0.25) is 0 Å². The number of hydrogen-bond donors (Lipinski definition) is 0. The van der Waals surface area contributed by atoms with Crippen LogP contribution in [0.5, 0.6) is 11.5 Å². The molecule has 1 aromatic carbocycles. The second kappa shape index (κ2) is 11.4. The largest absolute Gasteiger partial charge is 0.573 e. The fourth-order valence-corrected chi connectivity index (χ4v) is 3.94. The van der Waals surface area contributed by atoms with Crippen LogP contribution in [0.3, 0.4) is 0 Å². The van der Waals surface area contributed by atoms with Gasteiger partial charge in [-0.1, -0.05) is 55.4 Å². The van der Waals surface area contributed by atoms with Gasteiger partial charge in [0.05, 0.1) is 0 Å². The molecule has 1 aliphatic rings. The molecule has 184 valence electrons. The van der Waals surface area contributed by atoms with Gasteiger partial charge in [-0.2, -0.15) is 0 Å². The number of carbonyl (C=O) groups is 1. The van der Waals surface area contributed by atoms with E-state index in [1.807, 2.05) is 19.1 Å². The number of carbonyl (C=O) groups excluding carboxylic acids is 1. The van der Waals surface area contributed by atoms with Crippen molar-refractivity contribution in [2.24, 2.45) is 5.41 Å². The van der Waals surface area contributed by atoms with Crippen molar-refractivity contribution < 1.29 is 27.4 Å².